The number of carbonyl (C=O) groups excluding carboxylic acids is 1. The lowest BCUT2D eigenvalue weighted by Gasteiger charge is -2.26. The molecule has 0 aromatic rings. The zero-order valence-electron chi connectivity index (χ0n) is 10.2. The molecule has 0 aliphatic heterocycles. The summed E-state index contributed by atoms with van der Waals surface area (Å²) in [5, 5.41) is 11.4. The minimum Gasteiger partial charge on any atom is -0.481 e. The molecule has 0 aliphatic carbocycles. The SMILES string of the molecule is CCC(N)CC(=O)NC(C)(C)CCC(=O)O. The zero-order chi connectivity index (χ0) is 12.8. The number of aliphatic carboxylic acids is 1. The Bertz CT molecular complexity index is 252. The van der Waals surface area contributed by atoms with Gasteiger partial charge in [-0.05, 0) is 26.7 Å². The number of carbonyl (C=O) groups is 2. The van der Waals surface area contributed by atoms with Crippen LogP contribution in [0.5, 0.6) is 0 Å². The Labute approximate surface area is 96.4 Å². The second kappa shape index (κ2) is 6.48. The molecule has 4 N–H and O–H groups in total. The van der Waals surface area contributed by atoms with Crippen LogP contribution in [0, 0.1) is 0 Å². The normalized spacial score (nSPS) is 13.2. The quantitative estimate of drug-likeness (QED) is 0.605. The van der Waals surface area contributed by atoms with Gasteiger partial charge in [0, 0.05) is 24.4 Å². The van der Waals surface area contributed by atoms with Gasteiger partial charge in [-0.3, -0.25) is 9.59 Å². The molecule has 1 unspecified atom stereocenters. The molecule has 0 saturated carbocycles. The largest absolute Gasteiger partial charge is 0.481 e. The molecule has 5 nitrogen and oxygen atoms in total. The van der Waals surface area contributed by atoms with Crippen molar-refractivity contribution in [1.82, 2.24) is 5.32 Å². The summed E-state index contributed by atoms with van der Waals surface area (Å²) in [5.74, 6) is -0.975. The summed E-state index contributed by atoms with van der Waals surface area (Å²) < 4.78 is 0. The number of nitrogens with one attached hydrogen (secondary N) is 1. The number of carboxylic acid groups (broad SMARTS) is 1. The molecule has 0 saturated heterocycles. The summed E-state index contributed by atoms with van der Waals surface area (Å²) in [6, 6.07) is -0.129. The van der Waals surface area contributed by atoms with Crippen LogP contribution in [0.15, 0.2) is 0 Å². The Balaban J connectivity index is 4.04. The third kappa shape index (κ3) is 7.23. The number of rotatable bonds is 7. The van der Waals surface area contributed by atoms with E-state index in [1.54, 1.807) is 0 Å². The van der Waals surface area contributed by atoms with Crippen LogP contribution in [0.3, 0.4) is 0 Å². The molecule has 0 rings (SSSR count). The standard InChI is InChI=1S/C11H22N2O3/c1-4-8(12)7-9(14)13-11(2,3)6-5-10(15)16/h8H,4-7,12H2,1-3H3,(H,13,14)(H,15,16). The van der Waals surface area contributed by atoms with Crippen molar-refractivity contribution in [3.05, 3.63) is 0 Å². The van der Waals surface area contributed by atoms with Gasteiger partial charge in [0.25, 0.3) is 0 Å². The lowest BCUT2D eigenvalue weighted by molar-refractivity contribution is -0.137. The van der Waals surface area contributed by atoms with Gasteiger partial charge in [0.2, 0.25) is 5.91 Å². The Morgan fingerprint density at radius 1 is 1.44 bits per heavy atom. The fraction of sp³-hybridized carbons (Fsp3) is 0.818. The highest BCUT2D eigenvalue weighted by atomic mass is 16.4. The van der Waals surface area contributed by atoms with Gasteiger partial charge in [0.05, 0.1) is 0 Å². The average molecular weight is 230 g/mol. The van der Waals surface area contributed by atoms with Crippen LogP contribution < -0.4 is 11.1 Å². The topological polar surface area (TPSA) is 92.4 Å². The predicted molar refractivity (Wildman–Crippen MR) is 62.0 cm³/mol. The number of carboxylic acids is 1. The summed E-state index contributed by atoms with van der Waals surface area (Å²) in [6.07, 6.45) is 1.50. The summed E-state index contributed by atoms with van der Waals surface area (Å²) in [4.78, 5) is 22.0. The number of amides is 1. The van der Waals surface area contributed by atoms with E-state index in [2.05, 4.69) is 5.32 Å². The van der Waals surface area contributed by atoms with Crippen molar-refractivity contribution in [2.75, 3.05) is 0 Å². The first kappa shape index (κ1) is 14.9. The van der Waals surface area contributed by atoms with Gasteiger partial charge in [-0.1, -0.05) is 6.92 Å². The number of hydrogen-bond donors (Lipinski definition) is 3. The van der Waals surface area contributed by atoms with Crippen LogP contribution in [0.4, 0.5) is 0 Å². The van der Waals surface area contributed by atoms with Crippen LogP contribution in [0.1, 0.15) is 46.5 Å². The summed E-state index contributed by atoms with van der Waals surface area (Å²) in [7, 11) is 0. The maximum absolute atomic E-state index is 11.5. The first-order chi connectivity index (χ1) is 7.26. The first-order valence-electron chi connectivity index (χ1n) is 5.55. The van der Waals surface area contributed by atoms with Crippen LogP contribution >= 0.6 is 0 Å². The summed E-state index contributed by atoms with van der Waals surface area (Å²) >= 11 is 0. The van der Waals surface area contributed by atoms with Gasteiger partial charge in [0.1, 0.15) is 0 Å². The van der Waals surface area contributed by atoms with Crippen molar-refractivity contribution in [3.8, 4) is 0 Å². The lowest BCUT2D eigenvalue weighted by atomic mass is 9.98. The highest BCUT2D eigenvalue weighted by Gasteiger charge is 2.22. The second-order valence-corrected chi connectivity index (χ2v) is 4.70. The van der Waals surface area contributed by atoms with E-state index in [9.17, 15) is 9.59 Å². The lowest BCUT2D eigenvalue weighted by Crippen LogP contribution is -2.45. The molecule has 0 spiro atoms. The van der Waals surface area contributed by atoms with E-state index in [0.29, 0.717) is 6.42 Å². The van der Waals surface area contributed by atoms with Gasteiger partial charge in [-0.2, -0.15) is 0 Å². The minimum atomic E-state index is -0.854. The number of hydrogen-bond acceptors (Lipinski definition) is 3. The zero-order valence-corrected chi connectivity index (χ0v) is 10.2. The smallest absolute Gasteiger partial charge is 0.303 e. The molecule has 0 bridgehead atoms. The molecule has 0 fully saturated rings. The second-order valence-electron chi connectivity index (χ2n) is 4.70. The molecule has 0 radical (unpaired) electrons. The third-order valence-corrected chi connectivity index (χ3v) is 2.41. The highest BCUT2D eigenvalue weighted by Crippen LogP contribution is 2.11. The van der Waals surface area contributed by atoms with E-state index >= 15 is 0 Å². The molecule has 94 valence electrons. The predicted octanol–water partition coefficient (Wildman–Crippen LogP) is 0.873. The van der Waals surface area contributed by atoms with Crippen molar-refractivity contribution in [3.63, 3.8) is 0 Å². The van der Waals surface area contributed by atoms with Gasteiger partial charge < -0.3 is 16.2 Å². The Hall–Kier alpha value is -1.10. The molecule has 5 heteroatoms. The van der Waals surface area contributed by atoms with E-state index in [0.717, 1.165) is 6.42 Å². The minimum absolute atomic E-state index is 0.0487. The van der Waals surface area contributed by atoms with Crippen LogP contribution in [-0.2, 0) is 9.59 Å². The van der Waals surface area contributed by atoms with Gasteiger partial charge in [0.15, 0.2) is 0 Å². The molecule has 0 aliphatic rings. The fourth-order valence-electron chi connectivity index (χ4n) is 1.29. The fourth-order valence-corrected chi connectivity index (χ4v) is 1.29. The number of nitrogens with two attached hydrogens (primary N) is 1. The molecule has 16 heavy (non-hydrogen) atoms. The van der Waals surface area contributed by atoms with Crippen LogP contribution in [-0.4, -0.2) is 28.6 Å². The molecule has 1 amide bonds. The maximum Gasteiger partial charge on any atom is 0.303 e. The molecule has 1 atom stereocenters. The molecular weight excluding hydrogens is 208 g/mol. The van der Waals surface area contributed by atoms with Gasteiger partial charge >= 0.3 is 5.97 Å². The van der Waals surface area contributed by atoms with Crippen molar-refractivity contribution in [2.24, 2.45) is 5.73 Å². The Morgan fingerprint density at radius 3 is 2.44 bits per heavy atom. The van der Waals surface area contributed by atoms with E-state index in [4.69, 9.17) is 10.8 Å². The molecule has 0 aromatic carbocycles. The molecule has 0 heterocycles. The van der Waals surface area contributed by atoms with Crippen molar-refractivity contribution < 1.29 is 14.7 Å². The summed E-state index contributed by atoms with van der Waals surface area (Å²) in [6.45, 7) is 5.55. The molecule has 0 aromatic heterocycles. The van der Waals surface area contributed by atoms with Crippen molar-refractivity contribution in [1.29, 1.82) is 0 Å². The monoisotopic (exact) mass is 230 g/mol. The summed E-state index contributed by atoms with van der Waals surface area (Å²) in [5.41, 5.74) is 5.16. The van der Waals surface area contributed by atoms with Gasteiger partial charge in [-0.15, -0.1) is 0 Å². The van der Waals surface area contributed by atoms with Gasteiger partial charge in [-0.25, -0.2) is 0 Å². The Morgan fingerprint density at radius 2 is 2.00 bits per heavy atom. The van der Waals surface area contributed by atoms with E-state index in [1.807, 2.05) is 20.8 Å². The average Bonchev–Trinajstić information content (AvgIpc) is 2.13. The highest BCUT2D eigenvalue weighted by molar-refractivity contribution is 5.77. The van der Waals surface area contributed by atoms with Crippen molar-refractivity contribution >= 4 is 11.9 Å². The third-order valence-electron chi connectivity index (χ3n) is 2.41. The first-order valence-corrected chi connectivity index (χ1v) is 5.55. The van der Waals surface area contributed by atoms with E-state index < -0.39 is 11.5 Å². The Kier molecular flexibility index (Phi) is 6.03. The van der Waals surface area contributed by atoms with Crippen LogP contribution in [0.25, 0.3) is 0 Å². The van der Waals surface area contributed by atoms with Crippen molar-refractivity contribution in [2.45, 2.75) is 58.0 Å². The maximum atomic E-state index is 11.5. The molecular formula is C11H22N2O3. The van der Waals surface area contributed by atoms with E-state index in [-0.39, 0.29) is 24.8 Å². The van der Waals surface area contributed by atoms with E-state index in [1.165, 1.54) is 0 Å². The van der Waals surface area contributed by atoms with Crippen LogP contribution in [0.2, 0.25) is 0 Å².